The van der Waals surface area contributed by atoms with Crippen molar-refractivity contribution >= 4 is 11.9 Å². The molecule has 0 unspecified atom stereocenters. The summed E-state index contributed by atoms with van der Waals surface area (Å²) in [6.45, 7) is -0.254. The SMILES string of the molecule is CNC(=O)NC(=O)CN(C)Cc1ccccc1C(F)(F)F. The zero-order chi connectivity index (χ0) is 16.0. The number of imide groups is 1. The molecule has 0 fully saturated rings. The van der Waals surface area contributed by atoms with Crippen LogP contribution in [0, 0.1) is 0 Å². The Morgan fingerprint density at radius 2 is 1.86 bits per heavy atom. The molecule has 0 aliphatic heterocycles. The van der Waals surface area contributed by atoms with E-state index < -0.39 is 23.7 Å². The van der Waals surface area contributed by atoms with E-state index in [9.17, 15) is 22.8 Å². The topological polar surface area (TPSA) is 61.4 Å². The number of hydrogen-bond acceptors (Lipinski definition) is 3. The molecular formula is C13H16F3N3O2. The standard InChI is InChI=1S/C13H16F3N3O2/c1-17-12(21)18-11(20)8-19(2)7-9-5-3-4-6-10(9)13(14,15)16/h3-6H,7-8H2,1-2H3,(H2,17,18,20,21). The van der Waals surface area contributed by atoms with Crippen molar-refractivity contribution in [2.75, 3.05) is 20.6 Å². The number of urea groups is 1. The maximum atomic E-state index is 12.8. The summed E-state index contributed by atoms with van der Waals surface area (Å²) in [7, 11) is 2.85. The van der Waals surface area contributed by atoms with Gasteiger partial charge in [-0.25, -0.2) is 4.79 Å². The number of benzene rings is 1. The first-order valence-corrected chi connectivity index (χ1v) is 6.09. The Kier molecular flexibility index (Phi) is 5.71. The Morgan fingerprint density at radius 3 is 2.43 bits per heavy atom. The van der Waals surface area contributed by atoms with Crippen LogP contribution in [0.1, 0.15) is 11.1 Å². The van der Waals surface area contributed by atoms with Crippen molar-refractivity contribution in [3.63, 3.8) is 0 Å². The van der Waals surface area contributed by atoms with Gasteiger partial charge >= 0.3 is 12.2 Å². The molecule has 8 heteroatoms. The zero-order valence-electron chi connectivity index (χ0n) is 11.6. The van der Waals surface area contributed by atoms with Crippen LogP contribution in [0.5, 0.6) is 0 Å². The smallest absolute Gasteiger partial charge is 0.341 e. The molecule has 21 heavy (non-hydrogen) atoms. The van der Waals surface area contributed by atoms with Gasteiger partial charge in [-0.1, -0.05) is 18.2 Å². The highest BCUT2D eigenvalue weighted by Gasteiger charge is 2.33. The maximum absolute atomic E-state index is 12.8. The lowest BCUT2D eigenvalue weighted by Crippen LogP contribution is -2.42. The van der Waals surface area contributed by atoms with Crippen molar-refractivity contribution in [3.8, 4) is 0 Å². The van der Waals surface area contributed by atoms with Gasteiger partial charge in [-0.2, -0.15) is 13.2 Å². The number of hydrogen-bond donors (Lipinski definition) is 2. The van der Waals surface area contributed by atoms with Crippen LogP contribution >= 0.6 is 0 Å². The van der Waals surface area contributed by atoms with Gasteiger partial charge in [0.25, 0.3) is 0 Å². The maximum Gasteiger partial charge on any atom is 0.416 e. The molecule has 1 rings (SSSR count). The summed E-state index contributed by atoms with van der Waals surface area (Å²) in [5, 5.41) is 4.25. The highest BCUT2D eigenvalue weighted by molar-refractivity contribution is 5.95. The third kappa shape index (κ3) is 5.42. The molecule has 1 aromatic rings. The third-order valence-electron chi connectivity index (χ3n) is 2.66. The van der Waals surface area contributed by atoms with E-state index in [4.69, 9.17) is 0 Å². The van der Waals surface area contributed by atoms with E-state index in [1.165, 1.54) is 37.2 Å². The largest absolute Gasteiger partial charge is 0.416 e. The summed E-state index contributed by atoms with van der Waals surface area (Å²) >= 11 is 0. The minimum Gasteiger partial charge on any atom is -0.341 e. The number of carbonyl (C=O) groups excluding carboxylic acids is 2. The Bertz CT molecular complexity index is 518. The predicted octanol–water partition coefficient (Wildman–Crippen LogP) is 1.59. The van der Waals surface area contributed by atoms with Crippen molar-refractivity contribution in [2.45, 2.75) is 12.7 Å². The first kappa shape index (κ1) is 17.0. The molecule has 0 atom stereocenters. The summed E-state index contributed by atoms with van der Waals surface area (Å²) < 4.78 is 38.5. The molecule has 1 aromatic carbocycles. The van der Waals surface area contributed by atoms with Crippen molar-refractivity contribution in [1.82, 2.24) is 15.5 Å². The molecule has 0 saturated carbocycles. The van der Waals surface area contributed by atoms with Gasteiger partial charge in [-0.05, 0) is 18.7 Å². The number of amides is 3. The number of halogens is 3. The molecule has 0 spiro atoms. The lowest BCUT2D eigenvalue weighted by molar-refractivity contribution is -0.138. The van der Waals surface area contributed by atoms with Gasteiger partial charge < -0.3 is 5.32 Å². The van der Waals surface area contributed by atoms with Gasteiger partial charge in [0.2, 0.25) is 5.91 Å². The Morgan fingerprint density at radius 1 is 1.24 bits per heavy atom. The molecule has 3 amide bonds. The van der Waals surface area contributed by atoms with Crippen molar-refractivity contribution < 1.29 is 22.8 Å². The predicted molar refractivity (Wildman–Crippen MR) is 70.4 cm³/mol. The Balaban J connectivity index is 2.69. The molecule has 0 aliphatic rings. The average molecular weight is 303 g/mol. The second kappa shape index (κ2) is 7.07. The Hall–Kier alpha value is -2.09. The van der Waals surface area contributed by atoms with E-state index >= 15 is 0 Å². The van der Waals surface area contributed by atoms with E-state index in [0.29, 0.717) is 0 Å². The summed E-state index contributed by atoms with van der Waals surface area (Å²) in [6.07, 6.45) is -4.44. The Labute approximate surface area is 120 Å². The van der Waals surface area contributed by atoms with Crippen LogP contribution in [-0.4, -0.2) is 37.5 Å². The average Bonchev–Trinajstić information content (AvgIpc) is 2.37. The monoisotopic (exact) mass is 303 g/mol. The normalized spacial score (nSPS) is 11.3. The van der Waals surface area contributed by atoms with Gasteiger partial charge in [-0.15, -0.1) is 0 Å². The lowest BCUT2D eigenvalue weighted by Gasteiger charge is -2.19. The van der Waals surface area contributed by atoms with Gasteiger partial charge in [0, 0.05) is 13.6 Å². The lowest BCUT2D eigenvalue weighted by atomic mass is 10.1. The molecule has 0 aromatic heterocycles. The third-order valence-corrected chi connectivity index (χ3v) is 2.66. The van der Waals surface area contributed by atoms with Crippen molar-refractivity contribution in [3.05, 3.63) is 35.4 Å². The second-order valence-electron chi connectivity index (χ2n) is 4.45. The van der Waals surface area contributed by atoms with Gasteiger partial charge in [0.1, 0.15) is 0 Å². The summed E-state index contributed by atoms with van der Waals surface area (Å²) in [5.74, 6) is -0.596. The van der Waals surface area contributed by atoms with Crippen LogP contribution in [-0.2, 0) is 17.5 Å². The van der Waals surface area contributed by atoms with Gasteiger partial charge in [0.05, 0.1) is 12.1 Å². The van der Waals surface area contributed by atoms with Crippen molar-refractivity contribution in [1.29, 1.82) is 0 Å². The first-order chi connectivity index (χ1) is 9.74. The second-order valence-corrected chi connectivity index (χ2v) is 4.45. The van der Waals surface area contributed by atoms with E-state index in [2.05, 4.69) is 5.32 Å². The van der Waals surface area contributed by atoms with E-state index in [0.717, 1.165) is 6.07 Å². The highest BCUT2D eigenvalue weighted by Crippen LogP contribution is 2.32. The van der Waals surface area contributed by atoms with E-state index in [-0.39, 0.29) is 18.7 Å². The quantitative estimate of drug-likeness (QED) is 0.888. The number of likely N-dealkylation sites (N-methyl/N-ethyl adjacent to an activating group) is 1. The van der Waals surface area contributed by atoms with Crippen LogP contribution < -0.4 is 10.6 Å². The molecular weight excluding hydrogens is 287 g/mol. The molecule has 0 saturated heterocycles. The fourth-order valence-electron chi connectivity index (χ4n) is 1.76. The molecule has 116 valence electrons. The minimum absolute atomic E-state index is 0.0587. The van der Waals surface area contributed by atoms with Gasteiger partial charge in [-0.3, -0.25) is 15.0 Å². The van der Waals surface area contributed by atoms with Crippen LogP contribution in [0.3, 0.4) is 0 Å². The molecule has 0 heterocycles. The molecule has 0 radical (unpaired) electrons. The van der Waals surface area contributed by atoms with Crippen LogP contribution in [0.4, 0.5) is 18.0 Å². The molecule has 2 N–H and O–H groups in total. The number of nitrogens with zero attached hydrogens (tertiary/aromatic N) is 1. The minimum atomic E-state index is -4.44. The van der Waals surface area contributed by atoms with Crippen LogP contribution in [0.25, 0.3) is 0 Å². The number of alkyl halides is 3. The van der Waals surface area contributed by atoms with E-state index in [1.54, 1.807) is 0 Å². The van der Waals surface area contributed by atoms with Gasteiger partial charge in [0.15, 0.2) is 0 Å². The highest BCUT2D eigenvalue weighted by atomic mass is 19.4. The number of rotatable bonds is 4. The number of nitrogens with one attached hydrogen (secondary N) is 2. The van der Waals surface area contributed by atoms with Crippen LogP contribution in [0.2, 0.25) is 0 Å². The molecule has 0 bridgehead atoms. The summed E-state index contributed by atoms with van der Waals surface area (Å²) in [5.41, 5.74) is -0.663. The zero-order valence-corrected chi connectivity index (χ0v) is 11.6. The van der Waals surface area contributed by atoms with Crippen molar-refractivity contribution in [2.24, 2.45) is 0 Å². The first-order valence-electron chi connectivity index (χ1n) is 6.09. The fraction of sp³-hybridized carbons (Fsp3) is 0.385. The van der Waals surface area contributed by atoms with Crippen LogP contribution in [0.15, 0.2) is 24.3 Å². The molecule has 5 nitrogen and oxygen atoms in total. The summed E-state index contributed by atoms with van der Waals surface area (Å²) in [4.78, 5) is 23.8. The number of carbonyl (C=O) groups is 2. The van der Waals surface area contributed by atoms with E-state index in [1.807, 2.05) is 5.32 Å². The fourth-order valence-corrected chi connectivity index (χ4v) is 1.76. The summed E-state index contributed by atoms with van der Waals surface area (Å²) in [6, 6.07) is 4.50. The molecule has 0 aliphatic carbocycles.